The van der Waals surface area contributed by atoms with Gasteiger partial charge in [-0.15, -0.1) is 0 Å². The number of likely N-dealkylation sites (N-methyl/N-ethyl adjacent to an activating group) is 1. The third-order valence-electron chi connectivity index (χ3n) is 4.01. The van der Waals surface area contributed by atoms with E-state index in [4.69, 9.17) is 5.73 Å². The molecule has 0 saturated carbocycles. The van der Waals surface area contributed by atoms with Gasteiger partial charge in [0.25, 0.3) is 0 Å². The van der Waals surface area contributed by atoms with Crippen molar-refractivity contribution < 1.29 is 0 Å². The van der Waals surface area contributed by atoms with Gasteiger partial charge in [-0.05, 0) is 49.6 Å². The predicted octanol–water partition coefficient (Wildman–Crippen LogP) is 3.75. The lowest BCUT2D eigenvalue weighted by molar-refractivity contribution is 0.672. The van der Waals surface area contributed by atoms with Gasteiger partial charge in [0.1, 0.15) is 0 Å². The van der Waals surface area contributed by atoms with Crippen LogP contribution in [-0.2, 0) is 0 Å². The number of aryl methyl sites for hydroxylation is 3. The van der Waals surface area contributed by atoms with Crippen LogP contribution in [0.4, 0.5) is 5.69 Å². The van der Waals surface area contributed by atoms with Gasteiger partial charge >= 0.3 is 0 Å². The van der Waals surface area contributed by atoms with E-state index < -0.39 is 0 Å². The van der Waals surface area contributed by atoms with Crippen molar-refractivity contribution in [2.24, 2.45) is 5.73 Å². The molecule has 0 aliphatic carbocycles. The summed E-state index contributed by atoms with van der Waals surface area (Å²) in [7, 11) is 2.12. The Kier molecular flexibility index (Phi) is 4.46. The van der Waals surface area contributed by atoms with E-state index in [1.807, 2.05) is 0 Å². The van der Waals surface area contributed by atoms with Crippen LogP contribution in [0.15, 0.2) is 42.5 Å². The van der Waals surface area contributed by atoms with Crippen LogP contribution in [0, 0.1) is 20.8 Å². The lowest BCUT2D eigenvalue weighted by Gasteiger charge is -2.31. The molecule has 106 valence electrons. The molecule has 2 N–H and O–H groups in total. The molecule has 0 fully saturated rings. The summed E-state index contributed by atoms with van der Waals surface area (Å²) in [6, 6.07) is 15.2. The van der Waals surface area contributed by atoms with E-state index >= 15 is 0 Å². The van der Waals surface area contributed by atoms with Gasteiger partial charge < -0.3 is 10.6 Å². The highest BCUT2D eigenvalue weighted by molar-refractivity contribution is 5.51. The van der Waals surface area contributed by atoms with Crippen molar-refractivity contribution in [3.05, 3.63) is 64.7 Å². The first-order chi connectivity index (χ1) is 9.54. The maximum absolute atomic E-state index is 6.07. The molecule has 2 rings (SSSR count). The second-order valence-corrected chi connectivity index (χ2v) is 5.50. The molecular formula is C18H24N2. The zero-order chi connectivity index (χ0) is 14.7. The Labute approximate surface area is 122 Å². The van der Waals surface area contributed by atoms with Gasteiger partial charge in [-0.25, -0.2) is 0 Å². The SMILES string of the molecule is Cc1ccc(N(C)C(CN)c2c(C)cccc2C)cc1. The van der Waals surface area contributed by atoms with Gasteiger partial charge in [0.15, 0.2) is 0 Å². The number of rotatable bonds is 4. The largest absolute Gasteiger partial charge is 0.366 e. The fourth-order valence-corrected chi connectivity index (χ4v) is 2.78. The predicted molar refractivity (Wildman–Crippen MR) is 87.3 cm³/mol. The standard InChI is InChI=1S/C18H24N2/c1-13-8-10-16(11-9-13)20(4)17(12-19)18-14(2)6-5-7-15(18)3/h5-11,17H,12,19H2,1-4H3. The summed E-state index contributed by atoms with van der Waals surface area (Å²) in [6.45, 7) is 7.04. The molecule has 2 aromatic carbocycles. The molecule has 0 aliphatic rings. The Balaban J connectivity index is 2.39. The second kappa shape index (κ2) is 6.10. The van der Waals surface area contributed by atoms with Gasteiger partial charge in [-0.1, -0.05) is 35.9 Å². The van der Waals surface area contributed by atoms with Crippen LogP contribution in [0.1, 0.15) is 28.3 Å². The number of benzene rings is 2. The summed E-state index contributed by atoms with van der Waals surface area (Å²) in [5.41, 5.74) is 12.5. The summed E-state index contributed by atoms with van der Waals surface area (Å²) in [5.74, 6) is 0. The van der Waals surface area contributed by atoms with Crippen LogP contribution in [-0.4, -0.2) is 13.6 Å². The van der Waals surface area contributed by atoms with Gasteiger partial charge in [-0.3, -0.25) is 0 Å². The highest BCUT2D eigenvalue weighted by Crippen LogP contribution is 2.29. The molecule has 0 radical (unpaired) electrons. The third-order valence-corrected chi connectivity index (χ3v) is 4.01. The molecule has 0 aromatic heterocycles. The van der Waals surface area contributed by atoms with Crippen LogP contribution in [0.3, 0.4) is 0 Å². The van der Waals surface area contributed by atoms with Crippen molar-refractivity contribution in [2.45, 2.75) is 26.8 Å². The van der Waals surface area contributed by atoms with Gasteiger partial charge in [0.05, 0.1) is 6.04 Å². The molecular weight excluding hydrogens is 244 g/mol. The summed E-state index contributed by atoms with van der Waals surface area (Å²) >= 11 is 0. The zero-order valence-electron chi connectivity index (χ0n) is 12.9. The number of nitrogens with two attached hydrogens (primary N) is 1. The Hall–Kier alpha value is -1.80. The molecule has 0 aliphatic heterocycles. The minimum atomic E-state index is 0.207. The first kappa shape index (κ1) is 14.6. The van der Waals surface area contributed by atoms with Crippen molar-refractivity contribution in [2.75, 3.05) is 18.5 Å². The third kappa shape index (κ3) is 2.86. The normalized spacial score (nSPS) is 12.2. The van der Waals surface area contributed by atoms with Crippen LogP contribution in [0.25, 0.3) is 0 Å². The van der Waals surface area contributed by atoms with Crippen molar-refractivity contribution in [3.8, 4) is 0 Å². The van der Waals surface area contributed by atoms with E-state index in [9.17, 15) is 0 Å². The monoisotopic (exact) mass is 268 g/mol. The average molecular weight is 268 g/mol. The van der Waals surface area contributed by atoms with E-state index in [-0.39, 0.29) is 6.04 Å². The lowest BCUT2D eigenvalue weighted by Crippen LogP contribution is -2.31. The van der Waals surface area contributed by atoms with Gasteiger partial charge in [0.2, 0.25) is 0 Å². The number of hydrogen-bond donors (Lipinski definition) is 1. The summed E-state index contributed by atoms with van der Waals surface area (Å²) in [4.78, 5) is 2.27. The van der Waals surface area contributed by atoms with Crippen LogP contribution >= 0.6 is 0 Å². The molecule has 2 nitrogen and oxygen atoms in total. The molecule has 1 unspecified atom stereocenters. The average Bonchev–Trinajstić information content (AvgIpc) is 2.43. The van der Waals surface area contributed by atoms with Gasteiger partial charge in [-0.2, -0.15) is 0 Å². The van der Waals surface area contributed by atoms with E-state index in [0.29, 0.717) is 6.54 Å². The zero-order valence-corrected chi connectivity index (χ0v) is 12.9. The first-order valence-corrected chi connectivity index (χ1v) is 7.10. The van der Waals surface area contributed by atoms with Crippen LogP contribution in [0.5, 0.6) is 0 Å². The summed E-state index contributed by atoms with van der Waals surface area (Å²) < 4.78 is 0. The van der Waals surface area contributed by atoms with Crippen molar-refractivity contribution in [1.82, 2.24) is 0 Å². The Morgan fingerprint density at radius 1 is 0.950 bits per heavy atom. The molecule has 0 heterocycles. The van der Waals surface area contributed by atoms with Crippen molar-refractivity contribution >= 4 is 5.69 Å². The highest BCUT2D eigenvalue weighted by Gasteiger charge is 2.19. The van der Waals surface area contributed by atoms with E-state index in [2.05, 4.69) is 75.2 Å². The number of nitrogens with zero attached hydrogens (tertiary/aromatic N) is 1. The molecule has 1 atom stereocenters. The molecule has 2 aromatic rings. The maximum Gasteiger partial charge on any atom is 0.0666 e. The lowest BCUT2D eigenvalue weighted by atomic mass is 9.95. The first-order valence-electron chi connectivity index (χ1n) is 7.10. The minimum Gasteiger partial charge on any atom is -0.366 e. The summed E-state index contributed by atoms with van der Waals surface area (Å²) in [6.07, 6.45) is 0. The fourth-order valence-electron chi connectivity index (χ4n) is 2.78. The summed E-state index contributed by atoms with van der Waals surface area (Å²) in [5, 5.41) is 0. The van der Waals surface area contributed by atoms with E-state index in [1.54, 1.807) is 0 Å². The molecule has 0 bridgehead atoms. The van der Waals surface area contributed by atoms with E-state index in [0.717, 1.165) is 0 Å². The molecule has 2 heteroatoms. The topological polar surface area (TPSA) is 29.3 Å². The fraction of sp³-hybridized carbons (Fsp3) is 0.333. The van der Waals surface area contributed by atoms with Crippen molar-refractivity contribution in [1.29, 1.82) is 0 Å². The van der Waals surface area contributed by atoms with Crippen LogP contribution in [0.2, 0.25) is 0 Å². The highest BCUT2D eigenvalue weighted by atomic mass is 15.1. The molecule has 0 saturated heterocycles. The van der Waals surface area contributed by atoms with Gasteiger partial charge in [0, 0.05) is 19.3 Å². The number of hydrogen-bond acceptors (Lipinski definition) is 2. The van der Waals surface area contributed by atoms with Crippen molar-refractivity contribution in [3.63, 3.8) is 0 Å². The maximum atomic E-state index is 6.07. The van der Waals surface area contributed by atoms with E-state index in [1.165, 1.54) is 27.9 Å². The Bertz CT molecular complexity index is 552. The van der Waals surface area contributed by atoms with Crippen LogP contribution < -0.4 is 10.6 Å². The number of anilines is 1. The molecule has 0 amide bonds. The molecule has 20 heavy (non-hydrogen) atoms. The smallest absolute Gasteiger partial charge is 0.0666 e. The quantitative estimate of drug-likeness (QED) is 0.915. The second-order valence-electron chi connectivity index (χ2n) is 5.50. The minimum absolute atomic E-state index is 0.207. The molecule has 0 spiro atoms. The Morgan fingerprint density at radius 3 is 2.00 bits per heavy atom. The Morgan fingerprint density at radius 2 is 1.50 bits per heavy atom.